The average molecular weight is 565 g/mol. The largest absolute Gasteiger partial charge is 0.348 e. The molecule has 6 unspecified atom stereocenters. The van der Waals surface area contributed by atoms with E-state index in [0.29, 0.717) is 24.9 Å². The Morgan fingerprint density at radius 3 is 2.88 bits per heavy atom. The van der Waals surface area contributed by atoms with Gasteiger partial charge in [0.15, 0.2) is 12.1 Å². The number of hydrogen-bond donors (Lipinski definition) is 2. The molecular formula is C31H44N6O2S. The van der Waals surface area contributed by atoms with E-state index in [1.165, 1.54) is 22.4 Å². The fraction of sp³-hybridized carbons (Fsp3) is 0.677. The summed E-state index contributed by atoms with van der Waals surface area (Å²) in [5.41, 5.74) is 2.63. The first-order chi connectivity index (χ1) is 19.4. The third-order valence-electron chi connectivity index (χ3n) is 10.1. The quantitative estimate of drug-likeness (QED) is 0.486. The number of aryl methyl sites for hydroxylation is 1. The van der Waals surface area contributed by atoms with Gasteiger partial charge in [0.25, 0.3) is 0 Å². The number of Topliss-reactive ketones (excluding diaryl/α,β-unsaturated/α-hetero) is 1. The Morgan fingerprint density at radius 2 is 2.12 bits per heavy atom. The first-order valence-electron chi connectivity index (χ1n) is 15.0. The van der Waals surface area contributed by atoms with Gasteiger partial charge in [0.1, 0.15) is 0 Å². The Morgan fingerprint density at radius 1 is 1.25 bits per heavy atom. The lowest BCUT2D eigenvalue weighted by Gasteiger charge is -2.54. The summed E-state index contributed by atoms with van der Waals surface area (Å²) in [4.78, 5) is 23.0. The first kappa shape index (κ1) is 28.4. The van der Waals surface area contributed by atoms with E-state index in [1.54, 1.807) is 11.8 Å². The number of nitrogens with zero attached hydrogens (tertiary/aromatic N) is 4. The number of likely N-dealkylation sites (N-methyl/N-ethyl adjacent to an activating group) is 1. The van der Waals surface area contributed by atoms with Crippen molar-refractivity contribution in [2.24, 2.45) is 5.92 Å². The Labute approximate surface area is 243 Å². The molecule has 1 aliphatic carbocycles. The van der Waals surface area contributed by atoms with Crippen LogP contribution in [0.3, 0.4) is 0 Å². The van der Waals surface area contributed by atoms with Crippen molar-refractivity contribution in [3.8, 4) is 6.07 Å². The predicted octanol–water partition coefficient (Wildman–Crippen LogP) is 2.73. The number of piperazine rings is 1. The number of rotatable bonds is 7. The van der Waals surface area contributed by atoms with Crippen LogP contribution in [0, 0.1) is 24.2 Å². The molecule has 9 heteroatoms. The van der Waals surface area contributed by atoms with Gasteiger partial charge in [-0.05, 0) is 69.8 Å². The van der Waals surface area contributed by atoms with E-state index in [4.69, 9.17) is 4.74 Å². The molecule has 5 aliphatic rings. The van der Waals surface area contributed by atoms with Crippen LogP contribution < -0.4 is 10.6 Å². The summed E-state index contributed by atoms with van der Waals surface area (Å²) in [6, 6.07) is 9.18. The highest BCUT2D eigenvalue weighted by Crippen LogP contribution is 2.53. The average Bonchev–Trinajstić information content (AvgIpc) is 3.55. The molecule has 6 rings (SSSR count). The van der Waals surface area contributed by atoms with Crippen LogP contribution in [0.2, 0.25) is 0 Å². The second-order valence-electron chi connectivity index (χ2n) is 12.4. The molecular weight excluding hydrogens is 520 g/mol. The fourth-order valence-corrected chi connectivity index (χ4v) is 9.34. The SMILES string of the molecule is C=CCN1CCN(C2NC(OCC3CCCN3C)NC3C(=O)[C@@]4(CCC32)Cc2c(C)cccc2S4)CC1CC#N. The van der Waals surface area contributed by atoms with E-state index in [1.807, 2.05) is 6.08 Å². The van der Waals surface area contributed by atoms with Crippen LogP contribution in [0.5, 0.6) is 0 Å². The number of nitriles is 1. The zero-order valence-electron chi connectivity index (χ0n) is 24.0. The van der Waals surface area contributed by atoms with Crippen molar-refractivity contribution >= 4 is 17.5 Å². The van der Waals surface area contributed by atoms with Crippen LogP contribution in [-0.4, -0.2) is 102 Å². The molecule has 4 heterocycles. The molecule has 4 fully saturated rings. The van der Waals surface area contributed by atoms with Crippen LogP contribution in [0.4, 0.5) is 0 Å². The molecule has 0 bridgehead atoms. The van der Waals surface area contributed by atoms with Gasteiger partial charge < -0.3 is 9.64 Å². The number of thioether (sulfide) groups is 1. The summed E-state index contributed by atoms with van der Waals surface area (Å²) < 4.78 is 6.10. The number of fused-ring (bicyclic) bond motifs is 2. The number of hydrogen-bond acceptors (Lipinski definition) is 9. The molecule has 0 amide bonds. The van der Waals surface area contributed by atoms with Crippen molar-refractivity contribution in [2.75, 3.05) is 46.4 Å². The lowest BCUT2D eigenvalue weighted by atomic mass is 9.72. The van der Waals surface area contributed by atoms with E-state index >= 15 is 0 Å². The maximum Gasteiger partial charge on any atom is 0.166 e. The highest BCUT2D eigenvalue weighted by molar-refractivity contribution is 8.01. The zero-order valence-corrected chi connectivity index (χ0v) is 24.8. The first-order valence-corrected chi connectivity index (χ1v) is 15.9. The molecule has 2 N–H and O–H groups in total. The highest BCUT2D eigenvalue weighted by atomic mass is 32.2. The lowest BCUT2D eigenvalue weighted by Crippen LogP contribution is -2.75. The van der Waals surface area contributed by atoms with E-state index in [2.05, 4.69) is 70.2 Å². The van der Waals surface area contributed by atoms with E-state index in [-0.39, 0.29) is 30.5 Å². The minimum absolute atomic E-state index is 0.0291. The number of carbonyl (C=O) groups is 1. The Hall–Kier alpha value is -1.77. The van der Waals surface area contributed by atoms with Crippen LogP contribution in [0.15, 0.2) is 35.7 Å². The third kappa shape index (κ3) is 5.29. The minimum atomic E-state index is -0.396. The zero-order chi connectivity index (χ0) is 27.9. The molecule has 1 aromatic carbocycles. The summed E-state index contributed by atoms with van der Waals surface area (Å²) in [7, 11) is 2.17. The van der Waals surface area contributed by atoms with Crippen LogP contribution in [0.1, 0.15) is 43.2 Å². The highest BCUT2D eigenvalue weighted by Gasteiger charge is 2.56. The molecule has 3 saturated heterocycles. The molecule has 4 aliphatic heterocycles. The van der Waals surface area contributed by atoms with Crippen molar-refractivity contribution < 1.29 is 9.53 Å². The third-order valence-corrected chi connectivity index (χ3v) is 11.6. The van der Waals surface area contributed by atoms with E-state index in [9.17, 15) is 10.1 Å². The second-order valence-corrected chi connectivity index (χ2v) is 13.9. The van der Waals surface area contributed by atoms with Crippen molar-refractivity contribution in [3.63, 3.8) is 0 Å². The maximum absolute atomic E-state index is 14.5. The molecule has 1 saturated carbocycles. The van der Waals surface area contributed by atoms with Gasteiger partial charge >= 0.3 is 0 Å². The van der Waals surface area contributed by atoms with Crippen molar-refractivity contribution in [2.45, 2.75) is 85.7 Å². The summed E-state index contributed by atoms with van der Waals surface area (Å²) in [5, 5.41) is 17.0. The smallest absolute Gasteiger partial charge is 0.166 e. The van der Waals surface area contributed by atoms with E-state index in [0.717, 1.165) is 58.4 Å². The number of ether oxygens (including phenoxy) is 1. The Bertz CT molecular complexity index is 1160. The van der Waals surface area contributed by atoms with Crippen molar-refractivity contribution in [1.82, 2.24) is 25.3 Å². The Balaban J connectivity index is 1.24. The number of likely N-dealkylation sites (tertiary alicyclic amines) is 1. The maximum atomic E-state index is 14.5. The van der Waals surface area contributed by atoms with Gasteiger partial charge in [-0.3, -0.25) is 25.2 Å². The molecule has 1 spiro atoms. The monoisotopic (exact) mass is 564 g/mol. The number of carbonyl (C=O) groups excluding carboxylic acids is 1. The molecule has 7 atom stereocenters. The fourth-order valence-electron chi connectivity index (χ4n) is 7.75. The van der Waals surface area contributed by atoms with Crippen molar-refractivity contribution in [3.05, 3.63) is 42.0 Å². The number of ketones is 1. The molecule has 0 aromatic heterocycles. The van der Waals surface area contributed by atoms with Gasteiger partial charge in [-0.15, -0.1) is 18.3 Å². The summed E-state index contributed by atoms with van der Waals surface area (Å²) in [6.07, 6.45) is 7.13. The van der Waals surface area contributed by atoms with Gasteiger partial charge in [0.05, 0.1) is 36.1 Å². The molecule has 8 nitrogen and oxygen atoms in total. The van der Waals surface area contributed by atoms with Crippen molar-refractivity contribution in [1.29, 1.82) is 5.26 Å². The topological polar surface area (TPSA) is 83.9 Å². The summed E-state index contributed by atoms with van der Waals surface area (Å²) in [6.45, 7) is 11.2. The molecule has 1 aromatic rings. The molecule has 0 radical (unpaired) electrons. The standard InChI is InChI=1S/C31H44N6O2S/c1-4-14-36-16-17-37(19-22(36)11-13-32)29-24-10-12-31(18-25-21(2)7-5-9-26(25)40-31)28(38)27(24)33-30(34-29)39-20-23-8-6-15-35(23)3/h4-5,7,9,22-24,27,29-30,33-34H,1,6,8,10-12,14-20H2,2-3H3/t22?,23?,24?,27?,29?,30?,31-/m1/s1. The van der Waals surface area contributed by atoms with Gasteiger partial charge in [-0.2, -0.15) is 5.26 Å². The summed E-state index contributed by atoms with van der Waals surface area (Å²) >= 11 is 1.80. The lowest BCUT2D eigenvalue weighted by molar-refractivity contribution is -0.142. The van der Waals surface area contributed by atoms with Crippen LogP contribution in [-0.2, 0) is 16.0 Å². The van der Waals surface area contributed by atoms with Gasteiger partial charge in [-0.1, -0.05) is 18.2 Å². The van der Waals surface area contributed by atoms with Crippen LogP contribution in [0.25, 0.3) is 0 Å². The van der Waals surface area contributed by atoms with Gasteiger partial charge in [0.2, 0.25) is 0 Å². The van der Waals surface area contributed by atoms with E-state index < -0.39 is 4.75 Å². The second kappa shape index (κ2) is 11.8. The predicted molar refractivity (Wildman–Crippen MR) is 158 cm³/mol. The van der Waals surface area contributed by atoms with Crippen LogP contribution >= 0.6 is 11.8 Å². The number of nitrogens with one attached hydrogen (secondary N) is 2. The summed E-state index contributed by atoms with van der Waals surface area (Å²) in [5.74, 6) is 0.493. The van der Waals surface area contributed by atoms with Gasteiger partial charge in [0, 0.05) is 49.1 Å². The minimum Gasteiger partial charge on any atom is -0.348 e. The normalized spacial score (nSPS) is 36.9. The molecule has 40 heavy (non-hydrogen) atoms. The Kier molecular flexibility index (Phi) is 8.40. The van der Waals surface area contributed by atoms with Gasteiger partial charge in [-0.25, -0.2) is 0 Å². The molecule has 216 valence electrons. The number of benzene rings is 1.